The Hall–Kier alpha value is -1.54. The van der Waals surface area contributed by atoms with Gasteiger partial charge >= 0.3 is 5.97 Å². The number of hydrogen-bond acceptors (Lipinski definition) is 4. The minimum atomic E-state index is -1.01. The summed E-state index contributed by atoms with van der Waals surface area (Å²) in [7, 11) is 0. The van der Waals surface area contributed by atoms with Crippen LogP contribution in [0.15, 0.2) is 5.38 Å². The summed E-state index contributed by atoms with van der Waals surface area (Å²) >= 11 is 1.29. The molecule has 74 valence electrons. The standard InChI is InChI=1S/C9H10N2O2S/c1-3-5-11(4-2)9-10-7(6-14-9)8(12)13/h1,6H,4-5H2,2H3,(H,12,13). The van der Waals surface area contributed by atoms with Crippen molar-refractivity contribution in [2.24, 2.45) is 0 Å². The lowest BCUT2D eigenvalue weighted by atomic mass is 10.5. The molecule has 0 spiro atoms. The highest BCUT2D eigenvalue weighted by atomic mass is 32.1. The van der Waals surface area contributed by atoms with Gasteiger partial charge in [0.15, 0.2) is 10.8 Å². The molecule has 1 N–H and O–H groups in total. The number of anilines is 1. The van der Waals surface area contributed by atoms with Crippen molar-refractivity contribution in [3.8, 4) is 12.3 Å². The summed E-state index contributed by atoms with van der Waals surface area (Å²) in [5.74, 6) is 1.49. The Morgan fingerprint density at radius 3 is 3.00 bits per heavy atom. The van der Waals surface area contributed by atoms with Gasteiger partial charge in [0.1, 0.15) is 0 Å². The molecule has 0 aromatic carbocycles. The molecule has 0 bridgehead atoms. The third-order valence-corrected chi connectivity index (χ3v) is 2.55. The van der Waals surface area contributed by atoms with Crippen LogP contribution in [0.5, 0.6) is 0 Å². The first-order valence-corrected chi connectivity index (χ1v) is 4.94. The zero-order valence-electron chi connectivity index (χ0n) is 7.73. The van der Waals surface area contributed by atoms with Crippen LogP contribution in [-0.4, -0.2) is 29.1 Å². The van der Waals surface area contributed by atoms with Gasteiger partial charge in [-0.3, -0.25) is 0 Å². The highest BCUT2D eigenvalue weighted by molar-refractivity contribution is 7.13. The van der Waals surface area contributed by atoms with Crippen molar-refractivity contribution in [2.45, 2.75) is 6.92 Å². The molecular weight excluding hydrogens is 200 g/mol. The number of carbonyl (C=O) groups is 1. The maximum Gasteiger partial charge on any atom is 0.355 e. The SMILES string of the molecule is C#CCN(CC)c1nc(C(=O)O)cs1. The van der Waals surface area contributed by atoms with Crippen molar-refractivity contribution >= 4 is 22.4 Å². The van der Waals surface area contributed by atoms with Gasteiger partial charge in [-0.15, -0.1) is 17.8 Å². The van der Waals surface area contributed by atoms with E-state index in [1.807, 2.05) is 11.8 Å². The van der Waals surface area contributed by atoms with Crippen molar-refractivity contribution in [2.75, 3.05) is 18.0 Å². The summed E-state index contributed by atoms with van der Waals surface area (Å²) in [5, 5.41) is 10.8. The van der Waals surface area contributed by atoms with Gasteiger partial charge in [0.25, 0.3) is 0 Å². The molecule has 0 saturated carbocycles. The highest BCUT2D eigenvalue weighted by Gasteiger charge is 2.12. The fourth-order valence-corrected chi connectivity index (χ4v) is 1.80. The summed E-state index contributed by atoms with van der Waals surface area (Å²) in [6.07, 6.45) is 5.18. The Morgan fingerprint density at radius 1 is 1.86 bits per heavy atom. The fourth-order valence-electron chi connectivity index (χ4n) is 0.933. The van der Waals surface area contributed by atoms with Crippen LogP contribution in [0.3, 0.4) is 0 Å². The monoisotopic (exact) mass is 210 g/mol. The van der Waals surface area contributed by atoms with E-state index in [9.17, 15) is 4.79 Å². The molecule has 1 aromatic heterocycles. The molecule has 0 atom stereocenters. The van der Waals surface area contributed by atoms with Crippen molar-refractivity contribution in [3.63, 3.8) is 0 Å². The lowest BCUT2D eigenvalue weighted by Gasteiger charge is -2.15. The third-order valence-electron chi connectivity index (χ3n) is 1.65. The maximum atomic E-state index is 10.6. The van der Waals surface area contributed by atoms with Gasteiger partial charge in [-0.2, -0.15) is 0 Å². The molecule has 1 aromatic rings. The van der Waals surface area contributed by atoms with Gasteiger partial charge in [0.05, 0.1) is 6.54 Å². The second-order valence-corrected chi connectivity index (χ2v) is 3.38. The number of rotatable bonds is 4. The second kappa shape index (κ2) is 4.63. The Morgan fingerprint density at radius 2 is 2.57 bits per heavy atom. The summed E-state index contributed by atoms with van der Waals surface area (Å²) < 4.78 is 0. The van der Waals surface area contributed by atoms with Gasteiger partial charge < -0.3 is 10.0 Å². The first-order chi connectivity index (χ1) is 6.69. The van der Waals surface area contributed by atoms with Crippen LogP contribution in [0.25, 0.3) is 0 Å². The van der Waals surface area contributed by atoms with E-state index in [1.165, 1.54) is 16.7 Å². The number of nitrogens with zero attached hydrogens (tertiary/aromatic N) is 2. The predicted octanol–water partition coefficient (Wildman–Crippen LogP) is 1.30. The third kappa shape index (κ3) is 2.24. The number of terminal acetylenes is 1. The zero-order valence-corrected chi connectivity index (χ0v) is 8.54. The summed E-state index contributed by atoms with van der Waals surface area (Å²) in [6.45, 7) is 3.11. The van der Waals surface area contributed by atoms with E-state index >= 15 is 0 Å². The van der Waals surface area contributed by atoms with Crippen LogP contribution in [0, 0.1) is 12.3 Å². The van der Waals surface area contributed by atoms with Gasteiger partial charge in [-0.25, -0.2) is 9.78 Å². The molecule has 0 aliphatic heterocycles. The number of aromatic carboxylic acids is 1. The molecule has 4 nitrogen and oxygen atoms in total. The average Bonchev–Trinajstić information content (AvgIpc) is 2.63. The minimum Gasteiger partial charge on any atom is -0.476 e. The topological polar surface area (TPSA) is 53.4 Å². The molecule has 5 heteroatoms. The van der Waals surface area contributed by atoms with Crippen molar-refractivity contribution in [1.82, 2.24) is 4.98 Å². The van der Waals surface area contributed by atoms with E-state index in [4.69, 9.17) is 11.5 Å². The lowest BCUT2D eigenvalue weighted by Crippen LogP contribution is -2.22. The molecule has 0 amide bonds. The summed E-state index contributed by atoms with van der Waals surface area (Å²) in [6, 6.07) is 0. The number of thiazole rings is 1. The van der Waals surface area contributed by atoms with Crippen molar-refractivity contribution in [3.05, 3.63) is 11.1 Å². The zero-order chi connectivity index (χ0) is 10.6. The summed E-state index contributed by atoms with van der Waals surface area (Å²) in [5.41, 5.74) is 0.0699. The van der Waals surface area contributed by atoms with Crippen LogP contribution in [0.1, 0.15) is 17.4 Å². The van der Waals surface area contributed by atoms with Gasteiger partial charge in [-0.1, -0.05) is 5.92 Å². The van der Waals surface area contributed by atoms with E-state index in [-0.39, 0.29) is 5.69 Å². The Bertz CT molecular complexity index is 367. The minimum absolute atomic E-state index is 0.0699. The predicted molar refractivity (Wildman–Crippen MR) is 55.8 cm³/mol. The number of carboxylic acid groups (broad SMARTS) is 1. The molecule has 0 radical (unpaired) electrons. The van der Waals surface area contributed by atoms with Crippen LogP contribution in [-0.2, 0) is 0 Å². The van der Waals surface area contributed by atoms with Gasteiger partial charge in [0, 0.05) is 11.9 Å². The average molecular weight is 210 g/mol. The first-order valence-electron chi connectivity index (χ1n) is 4.06. The first kappa shape index (κ1) is 10.5. The van der Waals surface area contributed by atoms with E-state index in [2.05, 4.69) is 10.9 Å². The molecule has 0 aliphatic rings. The van der Waals surface area contributed by atoms with E-state index in [0.717, 1.165) is 6.54 Å². The van der Waals surface area contributed by atoms with E-state index < -0.39 is 5.97 Å². The smallest absolute Gasteiger partial charge is 0.355 e. The van der Waals surface area contributed by atoms with Gasteiger partial charge in [0.2, 0.25) is 0 Å². The van der Waals surface area contributed by atoms with Crippen molar-refractivity contribution in [1.29, 1.82) is 0 Å². The molecule has 0 aliphatic carbocycles. The molecule has 1 heterocycles. The Balaban J connectivity index is 2.84. The number of hydrogen-bond donors (Lipinski definition) is 1. The Kier molecular flexibility index (Phi) is 3.48. The van der Waals surface area contributed by atoms with Crippen LogP contribution < -0.4 is 4.90 Å². The Labute approximate surface area is 86.2 Å². The molecule has 0 unspecified atom stereocenters. The largest absolute Gasteiger partial charge is 0.476 e. The van der Waals surface area contributed by atoms with E-state index in [0.29, 0.717) is 11.7 Å². The van der Waals surface area contributed by atoms with Crippen LogP contribution >= 0.6 is 11.3 Å². The maximum absolute atomic E-state index is 10.6. The van der Waals surface area contributed by atoms with Crippen LogP contribution in [0.2, 0.25) is 0 Å². The fraction of sp³-hybridized carbons (Fsp3) is 0.333. The second-order valence-electron chi connectivity index (χ2n) is 2.54. The molecule has 1 rings (SSSR count). The van der Waals surface area contributed by atoms with Crippen molar-refractivity contribution < 1.29 is 9.90 Å². The number of aromatic nitrogens is 1. The van der Waals surface area contributed by atoms with Gasteiger partial charge in [-0.05, 0) is 6.92 Å². The molecule has 0 fully saturated rings. The highest BCUT2D eigenvalue weighted by Crippen LogP contribution is 2.19. The number of carboxylic acids is 1. The summed E-state index contributed by atoms with van der Waals surface area (Å²) in [4.78, 5) is 16.4. The molecule has 0 saturated heterocycles. The molecular formula is C9H10N2O2S. The normalized spacial score (nSPS) is 9.43. The van der Waals surface area contributed by atoms with Crippen LogP contribution in [0.4, 0.5) is 5.13 Å². The van der Waals surface area contributed by atoms with E-state index in [1.54, 1.807) is 0 Å². The molecule has 14 heavy (non-hydrogen) atoms. The quantitative estimate of drug-likeness (QED) is 0.761. The lowest BCUT2D eigenvalue weighted by molar-refractivity contribution is 0.0691.